The van der Waals surface area contributed by atoms with Gasteiger partial charge in [0.1, 0.15) is 5.75 Å². The first-order valence-electron chi connectivity index (χ1n) is 12.6. The van der Waals surface area contributed by atoms with Crippen LogP contribution in [0.25, 0.3) is 0 Å². The minimum Gasteiger partial charge on any atom is -0.481 e. The molecule has 180 valence electrons. The minimum absolute atomic E-state index is 0.131. The maximum atomic E-state index is 13.6. The average molecular weight is 461 g/mol. The van der Waals surface area contributed by atoms with Crippen molar-refractivity contribution >= 4 is 11.8 Å². The van der Waals surface area contributed by atoms with E-state index in [1.165, 1.54) is 11.1 Å². The fourth-order valence-corrected chi connectivity index (χ4v) is 5.19. The number of fused-ring (bicyclic) bond motifs is 1. The van der Waals surface area contributed by atoms with Crippen LogP contribution in [0.4, 0.5) is 0 Å². The van der Waals surface area contributed by atoms with E-state index in [0.29, 0.717) is 18.7 Å². The van der Waals surface area contributed by atoms with Crippen LogP contribution in [0, 0.1) is 12.8 Å². The molecule has 2 aromatic rings. The van der Waals surface area contributed by atoms with E-state index in [1.807, 2.05) is 19.1 Å². The van der Waals surface area contributed by atoms with Gasteiger partial charge in [0, 0.05) is 19.0 Å². The fourth-order valence-electron chi connectivity index (χ4n) is 5.19. The summed E-state index contributed by atoms with van der Waals surface area (Å²) in [5.41, 5.74) is 4.64. The van der Waals surface area contributed by atoms with E-state index in [9.17, 15) is 9.59 Å². The molecule has 1 fully saturated rings. The second-order valence-corrected chi connectivity index (χ2v) is 9.49. The quantitative estimate of drug-likeness (QED) is 0.557. The van der Waals surface area contributed by atoms with Crippen molar-refractivity contribution in [2.75, 3.05) is 13.1 Å². The topological polar surface area (TPSA) is 58.6 Å². The van der Waals surface area contributed by atoms with Crippen LogP contribution in [0.5, 0.6) is 5.75 Å². The molecular formula is C29H36N2O3. The standard InChI is InChI=1S/C29H36N2O3/c1-4-17-30-28(32)26(5-2)34-24-15-14-21-16-18-31(29(33)23-8-6-7-9-23)27(25(21)19-24)22-12-10-20(3)11-13-22/h4,10-15,19,23,26-27H,1,5-9,16-18H2,2-3H3,(H,30,32)/t26-,27+/m1/s1. The Balaban J connectivity index is 1.67. The van der Waals surface area contributed by atoms with Gasteiger partial charge in [-0.25, -0.2) is 0 Å². The van der Waals surface area contributed by atoms with Gasteiger partial charge in [-0.3, -0.25) is 9.59 Å². The van der Waals surface area contributed by atoms with Gasteiger partial charge in [-0.15, -0.1) is 6.58 Å². The highest BCUT2D eigenvalue weighted by molar-refractivity contribution is 5.81. The van der Waals surface area contributed by atoms with E-state index in [0.717, 1.165) is 49.8 Å². The molecule has 2 amide bonds. The summed E-state index contributed by atoms with van der Waals surface area (Å²) < 4.78 is 6.14. The highest BCUT2D eigenvalue weighted by atomic mass is 16.5. The van der Waals surface area contributed by atoms with Crippen LogP contribution in [-0.4, -0.2) is 35.9 Å². The highest BCUT2D eigenvalue weighted by Gasteiger charge is 2.36. The second kappa shape index (κ2) is 10.9. The van der Waals surface area contributed by atoms with Gasteiger partial charge in [-0.2, -0.15) is 0 Å². The lowest BCUT2D eigenvalue weighted by molar-refractivity contribution is -0.137. The average Bonchev–Trinajstić information content (AvgIpc) is 3.40. The molecule has 0 bridgehead atoms. The maximum Gasteiger partial charge on any atom is 0.261 e. The molecule has 2 atom stereocenters. The van der Waals surface area contributed by atoms with Crippen molar-refractivity contribution in [2.45, 2.75) is 64.5 Å². The molecule has 5 heteroatoms. The van der Waals surface area contributed by atoms with Crippen molar-refractivity contribution in [3.8, 4) is 5.75 Å². The molecule has 0 saturated heterocycles. The second-order valence-electron chi connectivity index (χ2n) is 9.49. The van der Waals surface area contributed by atoms with Crippen molar-refractivity contribution in [3.05, 3.63) is 77.4 Å². The smallest absolute Gasteiger partial charge is 0.261 e. The Morgan fingerprint density at radius 3 is 2.59 bits per heavy atom. The van der Waals surface area contributed by atoms with E-state index in [-0.39, 0.29) is 23.8 Å². The number of aryl methyl sites for hydroxylation is 1. The van der Waals surface area contributed by atoms with Crippen LogP contribution < -0.4 is 10.1 Å². The summed E-state index contributed by atoms with van der Waals surface area (Å²) >= 11 is 0. The molecule has 1 aliphatic carbocycles. The van der Waals surface area contributed by atoms with Gasteiger partial charge in [-0.05, 0) is 61.4 Å². The maximum absolute atomic E-state index is 13.6. The van der Waals surface area contributed by atoms with Crippen molar-refractivity contribution in [2.24, 2.45) is 5.92 Å². The largest absolute Gasteiger partial charge is 0.481 e. The predicted octanol–water partition coefficient (Wildman–Crippen LogP) is 5.12. The summed E-state index contributed by atoms with van der Waals surface area (Å²) in [7, 11) is 0. The molecule has 1 heterocycles. The minimum atomic E-state index is -0.573. The number of nitrogens with one attached hydrogen (secondary N) is 1. The first-order valence-corrected chi connectivity index (χ1v) is 12.6. The van der Waals surface area contributed by atoms with Gasteiger partial charge in [0.05, 0.1) is 6.04 Å². The van der Waals surface area contributed by atoms with E-state index < -0.39 is 6.10 Å². The number of carbonyl (C=O) groups excluding carboxylic acids is 2. The Morgan fingerprint density at radius 1 is 1.18 bits per heavy atom. The molecule has 34 heavy (non-hydrogen) atoms. The molecule has 2 aliphatic rings. The molecule has 1 saturated carbocycles. The normalized spacial score (nSPS) is 18.8. The van der Waals surface area contributed by atoms with Crippen molar-refractivity contribution in [1.82, 2.24) is 10.2 Å². The molecule has 4 rings (SSSR count). The first kappa shape index (κ1) is 24.1. The third-order valence-electron chi connectivity index (χ3n) is 7.09. The third kappa shape index (κ3) is 5.19. The Bertz CT molecular complexity index is 1020. The predicted molar refractivity (Wildman–Crippen MR) is 135 cm³/mol. The summed E-state index contributed by atoms with van der Waals surface area (Å²) in [6.45, 7) is 8.81. The Labute approximate surface area is 203 Å². The van der Waals surface area contributed by atoms with Crippen LogP contribution in [0.15, 0.2) is 55.1 Å². The van der Waals surface area contributed by atoms with Crippen LogP contribution in [0.1, 0.15) is 67.3 Å². The third-order valence-corrected chi connectivity index (χ3v) is 7.09. The molecule has 1 N–H and O–H groups in total. The van der Waals surface area contributed by atoms with Crippen LogP contribution in [0.2, 0.25) is 0 Å². The molecular weight excluding hydrogens is 424 g/mol. The zero-order chi connectivity index (χ0) is 24.1. The monoisotopic (exact) mass is 460 g/mol. The van der Waals surface area contributed by atoms with E-state index in [4.69, 9.17) is 4.74 Å². The Hall–Kier alpha value is -3.08. The summed E-state index contributed by atoms with van der Waals surface area (Å²) in [6, 6.07) is 14.4. The van der Waals surface area contributed by atoms with Crippen LogP contribution in [0.3, 0.4) is 0 Å². The van der Waals surface area contributed by atoms with Crippen molar-refractivity contribution in [3.63, 3.8) is 0 Å². The number of rotatable bonds is 8. The number of hydrogen-bond donors (Lipinski definition) is 1. The summed E-state index contributed by atoms with van der Waals surface area (Å²) in [6.07, 6.45) is 6.73. The number of benzene rings is 2. The first-order chi connectivity index (χ1) is 16.5. The lowest BCUT2D eigenvalue weighted by Gasteiger charge is -2.39. The van der Waals surface area contributed by atoms with Crippen LogP contribution in [-0.2, 0) is 16.0 Å². The van der Waals surface area contributed by atoms with Gasteiger partial charge in [0.25, 0.3) is 5.91 Å². The summed E-state index contributed by atoms with van der Waals surface area (Å²) in [4.78, 5) is 28.2. The number of carbonyl (C=O) groups is 2. The van der Waals surface area contributed by atoms with E-state index in [1.54, 1.807) is 6.08 Å². The van der Waals surface area contributed by atoms with Gasteiger partial charge in [0.2, 0.25) is 5.91 Å². The Morgan fingerprint density at radius 2 is 1.91 bits per heavy atom. The summed E-state index contributed by atoms with van der Waals surface area (Å²) in [5.74, 6) is 0.919. The number of nitrogens with zero attached hydrogens (tertiary/aromatic N) is 1. The van der Waals surface area contributed by atoms with Crippen molar-refractivity contribution in [1.29, 1.82) is 0 Å². The number of ether oxygens (including phenoxy) is 1. The molecule has 5 nitrogen and oxygen atoms in total. The van der Waals surface area contributed by atoms with E-state index >= 15 is 0 Å². The Kier molecular flexibility index (Phi) is 7.71. The zero-order valence-electron chi connectivity index (χ0n) is 20.4. The molecule has 0 spiro atoms. The highest BCUT2D eigenvalue weighted by Crippen LogP contribution is 2.40. The molecule has 2 aromatic carbocycles. The van der Waals surface area contributed by atoms with Gasteiger partial charge >= 0.3 is 0 Å². The molecule has 0 unspecified atom stereocenters. The fraction of sp³-hybridized carbons (Fsp3) is 0.448. The summed E-state index contributed by atoms with van der Waals surface area (Å²) in [5, 5.41) is 2.82. The molecule has 1 aliphatic heterocycles. The SMILES string of the molecule is C=CCNC(=O)[C@@H](CC)Oc1ccc2c(c1)[C@H](c1ccc(C)cc1)N(C(=O)C1CCCC1)CC2. The molecule has 0 aromatic heterocycles. The van der Waals surface area contributed by atoms with Gasteiger partial charge in [-0.1, -0.05) is 61.7 Å². The van der Waals surface area contributed by atoms with E-state index in [2.05, 4.69) is 54.1 Å². The van der Waals surface area contributed by atoms with Crippen molar-refractivity contribution < 1.29 is 14.3 Å². The number of hydrogen-bond acceptors (Lipinski definition) is 3. The zero-order valence-corrected chi connectivity index (χ0v) is 20.4. The van der Waals surface area contributed by atoms with Gasteiger partial charge in [0.15, 0.2) is 6.10 Å². The lowest BCUT2D eigenvalue weighted by atomic mass is 9.86. The van der Waals surface area contributed by atoms with Crippen LogP contribution >= 0.6 is 0 Å². The molecule has 0 radical (unpaired) electrons. The lowest BCUT2D eigenvalue weighted by Crippen LogP contribution is -2.43. The van der Waals surface area contributed by atoms with Gasteiger partial charge < -0.3 is 15.0 Å². The number of amides is 2.